The van der Waals surface area contributed by atoms with E-state index in [0.29, 0.717) is 28.7 Å². The number of hydrogen-bond donors (Lipinski definition) is 1. The molecule has 0 spiro atoms. The normalized spacial score (nSPS) is 12.1. The smallest absolute Gasteiger partial charge is 0.242 e. The van der Waals surface area contributed by atoms with Gasteiger partial charge in [-0.15, -0.1) is 0 Å². The molecule has 10 heteroatoms. The third-order valence-electron chi connectivity index (χ3n) is 5.30. The number of carbonyl (C=O) groups excluding carboxylic acids is 2. The van der Waals surface area contributed by atoms with Crippen LogP contribution in [0.5, 0.6) is 0 Å². The van der Waals surface area contributed by atoms with Gasteiger partial charge in [0.25, 0.3) is 0 Å². The molecule has 0 aromatic heterocycles. The van der Waals surface area contributed by atoms with Gasteiger partial charge in [0.1, 0.15) is 6.04 Å². The first-order chi connectivity index (χ1) is 16.1. The molecule has 2 rings (SSSR count). The van der Waals surface area contributed by atoms with Crippen molar-refractivity contribution in [3.8, 4) is 0 Å². The van der Waals surface area contributed by atoms with Crippen LogP contribution >= 0.6 is 23.2 Å². The number of carbonyl (C=O) groups is 2. The maximum absolute atomic E-state index is 13.3. The number of nitrogens with zero attached hydrogens (tertiary/aromatic N) is 2. The summed E-state index contributed by atoms with van der Waals surface area (Å²) >= 11 is 12.2. The summed E-state index contributed by atoms with van der Waals surface area (Å²) in [4.78, 5) is 27.5. The molecule has 1 N–H and O–H groups in total. The van der Waals surface area contributed by atoms with Crippen molar-refractivity contribution in [2.24, 2.45) is 0 Å². The quantitative estimate of drug-likeness (QED) is 0.440. The molecule has 0 aliphatic heterocycles. The molecule has 0 saturated carbocycles. The summed E-state index contributed by atoms with van der Waals surface area (Å²) in [6, 6.07) is 13.0. The zero-order valence-electron chi connectivity index (χ0n) is 19.6. The molecular formula is C24H31Cl2N3O4S. The number of rotatable bonds is 12. The largest absolute Gasteiger partial charge is 0.355 e. The summed E-state index contributed by atoms with van der Waals surface area (Å²) in [6.07, 6.45) is 1.90. The Labute approximate surface area is 212 Å². The first-order valence-corrected chi connectivity index (χ1v) is 13.7. The van der Waals surface area contributed by atoms with E-state index in [1.807, 2.05) is 26.0 Å². The lowest BCUT2D eigenvalue weighted by Crippen LogP contribution is -2.49. The summed E-state index contributed by atoms with van der Waals surface area (Å²) in [5.74, 6) is -0.480. The minimum atomic E-state index is -3.56. The average molecular weight is 529 g/mol. The molecule has 0 aliphatic carbocycles. The molecule has 0 aliphatic rings. The second-order valence-corrected chi connectivity index (χ2v) is 10.6. The molecule has 0 unspecified atom stereocenters. The van der Waals surface area contributed by atoms with Crippen molar-refractivity contribution in [3.05, 3.63) is 64.1 Å². The molecule has 0 heterocycles. The van der Waals surface area contributed by atoms with Crippen molar-refractivity contribution >= 4 is 50.7 Å². The Morgan fingerprint density at radius 3 is 2.24 bits per heavy atom. The molecule has 7 nitrogen and oxygen atoms in total. The summed E-state index contributed by atoms with van der Waals surface area (Å²) in [5.41, 5.74) is 1.21. The van der Waals surface area contributed by atoms with Crippen molar-refractivity contribution in [1.82, 2.24) is 10.2 Å². The van der Waals surface area contributed by atoms with Crippen molar-refractivity contribution in [3.63, 3.8) is 0 Å². The van der Waals surface area contributed by atoms with Gasteiger partial charge in [-0.25, -0.2) is 8.42 Å². The fraction of sp³-hybridized carbons (Fsp3) is 0.417. The van der Waals surface area contributed by atoms with E-state index in [2.05, 4.69) is 5.32 Å². The Bertz CT molecular complexity index is 1080. The van der Waals surface area contributed by atoms with Gasteiger partial charge in [0.15, 0.2) is 0 Å². The van der Waals surface area contributed by atoms with Gasteiger partial charge in [-0.05, 0) is 55.7 Å². The number of amides is 2. The SMILES string of the molecule is CCNC(=O)[C@@H](CC)N(Cc1ccccc1Cl)C(=O)CCCN(c1ccc(Cl)cc1)S(C)(=O)=O. The number of likely N-dealkylation sites (N-methyl/N-ethyl adjacent to an activating group) is 1. The third-order valence-corrected chi connectivity index (χ3v) is 7.12. The lowest BCUT2D eigenvalue weighted by atomic mass is 10.1. The van der Waals surface area contributed by atoms with E-state index in [1.54, 1.807) is 36.4 Å². The second-order valence-electron chi connectivity index (χ2n) is 7.85. The number of nitrogens with one attached hydrogen (secondary N) is 1. The highest BCUT2D eigenvalue weighted by atomic mass is 35.5. The maximum Gasteiger partial charge on any atom is 0.242 e. The van der Waals surface area contributed by atoms with E-state index in [0.717, 1.165) is 11.8 Å². The van der Waals surface area contributed by atoms with Crippen LogP contribution in [0.15, 0.2) is 48.5 Å². The van der Waals surface area contributed by atoms with E-state index < -0.39 is 16.1 Å². The summed E-state index contributed by atoms with van der Waals surface area (Å²) in [6.45, 7) is 4.42. The highest BCUT2D eigenvalue weighted by Crippen LogP contribution is 2.23. The number of hydrogen-bond acceptors (Lipinski definition) is 4. The molecule has 0 radical (unpaired) electrons. The molecule has 2 aromatic carbocycles. The van der Waals surface area contributed by atoms with Crippen LogP contribution in [0.2, 0.25) is 10.0 Å². The standard InChI is InChI=1S/C24H31Cl2N3O4S/c1-4-22(24(31)27-5-2)28(17-18-9-6-7-10-21(18)26)23(30)11-8-16-29(34(3,32)33)20-14-12-19(25)13-15-20/h6-7,9-10,12-15,22H,4-5,8,11,16-17H2,1-3H3,(H,27,31)/t22-/m1/s1. The van der Waals surface area contributed by atoms with Crippen LogP contribution in [0.25, 0.3) is 0 Å². The molecule has 0 fully saturated rings. The Kier molecular flexibility index (Phi) is 10.7. The average Bonchev–Trinajstić information content (AvgIpc) is 2.78. The van der Waals surface area contributed by atoms with Crippen LogP contribution in [0, 0.1) is 0 Å². The topological polar surface area (TPSA) is 86.8 Å². The summed E-state index contributed by atoms with van der Waals surface area (Å²) in [7, 11) is -3.56. The molecule has 34 heavy (non-hydrogen) atoms. The van der Waals surface area contributed by atoms with Gasteiger partial charge in [-0.1, -0.05) is 48.3 Å². The molecule has 2 aromatic rings. The monoisotopic (exact) mass is 527 g/mol. The van der Waals surface area contributed by atoms with Crippen LogP contribution in [0.1, 0.15) is 38.7 Å². The van der Waals surface area contributed by atoms with Crippen LogP contribution in [-0.2, 0) is 26.2 Å². The predicted molar refractivity (Wildman–Crippen MR) is 138 cm³/mol. The molecule has 0 saturated heterocycles. The zero-order valence-corrected chi connectivity index (χ0v) is 22.0. The molecule has 1 atom stereocenters. The van der Waals surface area contributed by atoms with Gasteiger partial charge >= 0.3 is 0 Å². The van der Waals surface area contributed by atoms with Gasteiger partial charge in [-0.3, -0.25) is 13.9 Å². The van der Waals surface area contributed by atoms with Gasteiger partial charge in [-0.2, -0.15) is 0 Å². The van der Waals surface area contributed by atoms with Crippen LogP contribution in [0.3, 0.4) is 0 Å². The van der Waals surface area contributed by atoms with E-state index in [-0.39, 0.29) is 37.7 Å². The van der Waals surface area contributed by atoms with Gasteiger partial charge in [0, 0.05) is 36.1 Å². The minimum Gasteiger partial charge on any atom is -0.355 e. The fourth-order valence-corrected chi connectivity index (χ4v) is 4.92. The Morgan fingerprint density at radius 1 is 1.03 bits per heavy atom. The van der Waals surface area contributed by atoms with Crippen molar-refractivity contribution in [2.75, 3.05) is 23.7 Å². The molecular weight excluding hydrogens is 497 g/mol. The van der Waals surface area contributed by atoms with Gasteiger partial charge in [0.2, 0.25) is 21.8 Å². The third kappa shape index (κ3) is 7.89. The Balaban J connectivity index is 2.20. The molecule has 2 amide bonds. The highest BCUT2D eigenvalue weighted by Gasteiger charge is 2.29. The van der Waals surface area contributed by atoms with E-state index in [1.165, 1.54) is 9.21 Å². The summed E-state index contributed by atoms with van der Waals surface area (Å²) in [5, 5.41) is 3.80. The minimum absolute atomic E-state index is 0.0694. The fourth-order valence-electron chi connectivity index (χ4n) is 3.63. The number of sulfonamides is 1. The van der Waals surface area contributed by atoms with Crippen LogP contribution < -0.4 is 9.62 Å². The summed E-state index contributed by atoms with van der Waals surface area (Å²) < 4.78 is 25.9. The van der Waals surface area contributed by atoms with E-state index in [9.17, 15) is 18.0 Å². The van der Waals surface area contributed by atoms with Crippen molar-refractivity contribution in [2.45, 2.75) is 45.7 Å². The number of anilines is 1. The van der Waals surface area contributed by atoms with Crippen LogP contribution in [0.4, 0.5) is 5.69 Å². The lowest BCUT2D eigenvalue weighted by Gasteiger charge is -2.31. The van der Waals surface area contributed by atoms with Gasteiger partial charge < -0.3 is 10.2 Å². The van der Waals surface area contributed by atoms with E-state index >= 15 is 0 Å². The maximum atomic E-state index is 13.3. The van der Waals surface area contributed by atoms with Crippen LogP contribution in [-0.4, -0.2) is 50.5 Å². The Hall–Kier alpha value is -2.29. The first kappa shape index (κ1) is 28.0. The highest BCUT2D eigenvalue weighted by molar-refractivity contribution is 7.92. The van der Waals surface area contributed by atoms with E-state index in [4.69, 9.17) is 23.2 Å². The predicted octanol–water partition coefficient (Wildman–Crippen LogP) is 4.48. The van der Waals surface area contributed by atoms with Crippen molar-refractivity contribution in [1.29, 1.82) is 0 Å². The Morgan fingerprint density at radius 2 is 1.68 bits per heavy atom. The number of benzene rings is 2. The van der Waals surface area contributed by atoms with Gasteiger partial charge in [0.05, 0.1) is 11.9 Å². The number of halogens is 2. The lowest BCUT2D eigenvalue weighted by molar-refractivity contribution is -0.141. The van der Waals surface area contributed by atoms with Crippen molar-refractivity contribution < 1.29 is 18.0 Å². The molecule has 186 valence electrons. The molecule has 0 bridgehead atoms. The first-order valence-electron chi connectivity index (χ1n) is 11.1. The zero-order chi connectivity index (χ0) is 25.3. The second kappa shape index (κ2) is 13.0.